The van der Waals surface area contributed by atoms with Crippen LogP contribution in [0.4, 0.5) is 24.9 Å². The molecule has 4 aromatic rings. The number of sulfonamides is 1. The Labute approximate surface area is 268 Å². The second-order valence-electron chi connectivity index (χ2n) is 9.67. The van der Waals surface area contributed by atoms with E-state index in [1.54, 1.807) is 53.4 Å². The fourth-order valence-electron chi connectivity index (χ4n) is 4.10. The lowest BCUT2D eigenvalue weighted by molar-refractivity contribution is -0.138. The van der Waals surface area contributed by atoms with Crippen molar-refractivity contribution in [1.29, 1.82) is 0 Å². The monoisotopic (exact) mass is 674 g/mol. The number of ether oxygens (including phenoxy) is 5. The maximum atomic E-state index is 13.3. The number of halogens is 3. The van der Waals surface area contributed by atoms with E-state index in [1.165, 1.54) is 13.2 Å². The van der Waals surface area contributed by atoms with E-state index in [4.69, 9.17) is 23.7 Å². The Morgan fingerprint density at radius 3 is 2.28 bits per heavy atom. The van der Waals surface area contributed by atoms with Crippen LogP contribution < -0.4 is 28.6 Å². The van der Waals surface area contributed by atoms with Gasteiger partial charge >= 0.3 is 12.2 Å². The third kappa shape index (κ3) is 9.20. The summed E-state index contributed by atoms with van der Waals surface area (Å²) in [6.07, 6.45) is -1.97. The molecule has 0 aliphatic carbocycles. The van der Waals surface area contributed by atoms with Crippen LogP contribution in [-0.2, 0) is 20.9 Å². The predicted molar refractivity (Wildman–Crippen MR) is 164 cm³/mol. The summed E-state index contributed by atoms with van der Waals surface area (Å²) < 4.78 is 95.8. The molecule has 0 radical (unpaired) electrons. The summed E-state index contributed by atoms with van der Waals surface area (Å²) in [6.45, 7) is 1.19. The number of nitrogens with one attached hydrogen (secondary N) is 1. The molecule has 1 N–H and O–H groups in total. The molecule has 3 heterocycles. The first kappa shape index (κ1) is 33.2. The van der Waals surface area contributed by atoms with E-state index in [2.05, 4.69) is 24.7 Å². The number of alkyl halides is 3. The minimum absolute atomic E-state index is 0.132. The van der Waals surface area contributed by atoms with Gasteiger partial charge in [-0.05, 0) is 23.8 Å². The molecule has 5 rings (SSSR count). The second kappa shape index (κ2) is 15.0. The number of methoxy groups -OCH3 is 1. The van der Waals surface area contributed by atoms with E-state index in [9.17, 15) is 21.6 Å². The first-order valence-corrected chi connectivity index (χ1v) is 15.6. The minimum atomic E-state index is -4.60. The molecule has 47 heavy (non-hydrogen) atoms. The Hall–Kier alpha value is -5.16. The highest BCUT2D eigenvalue weighted by molar-refractivity contribution is 7.95. The van der Waals surface area contributed by atoms with Crippen LogP contribution in [0.15, 0.2) is 72.4 Å². The van der Waals surface area contributed by atoms with Gasteiger partial charge in [-0.3, -0.25) is 4.72 Å². The number of anilines is 2. The summed E-state index contributed by atoms with van der Waals surface area (Å²) in [6, 6.07) is 15.2. The maximum absolute atomic E-state index is 13.3. The molecular formula is C30H29F3N6O7S. The largest absolute Gasteiger partial charge is 0.493 e. The molecule has 17 heteroatoms. The molecular weight excluding hydrogens is 645 g/mol. The number of nitrogens with zero attached hydrogens (tertiary/aromatic N) is 5. The third-order valence-electron chi connectivity index (χ3n) is 6.38. The van der Waals surface area contributed by atoms with Crippen molar-refractivity contribution in [3.63, 3.8) is 0 Å². The topological polar surface area (TPSA) is 147 Å². The van der Waals surface area contributed by atoms with Gasteiger partial charge in [0.1, 0.15) is 13.2 Å². The standard InChI is InChI=1S/C30H29F3N6O7S/c1-42-23-9-5-6-10-24(23)46-25-26(38-47(40,41)18-11-21-7-3-2-4-8-21)36-28(39-12-14-43-15-13-39)37-27(25)44-16-17-45-29-34-19-22(20-35-29)30(31,32)33/h2-11,18-20H,12-17H2,1H3,(H,36,37,38). The molecule has 1 saturated heterocycles. The molecule has 0 spiro atoms. The normalized spacial score (nSPS) is 13.7. The van der Waals surface area contributed by atoms with Crippen LogP contribution in [0.2, 0.25) is 0 Å². The molecule has 0 bridgehead atoms. The molecule has 248 valence electrons. The minimum Gasteiger partial charge on any atom is -0.493 e. The van der Waals surface area contributed by atoms with Crippen molar-refractivity contribution >= 4 is 27.9 Å². The number of aromatic nitrogens is 4. The molecule has 0 atom stereocenters. The van der Waals surface area contributed by atoms with E-state index in [0.717, 1.165) is 5.41 Å². The quantitative estimate of drug-likeness (QED) is 0.195. The van der Waals surface area contributed by atoms with Gasteiger partial charge in [0.2, 0.25) is 11.7 Å². The van der Waals surface area contributed by atoms with Crippen molar-refractivity contribution < 1.29 is 45.3 Å². The second-order valence-corrected chi connectivity index (χ2v) is 11.2. The third-order valence-corrected chi connectivity index (χ3v) is 7.36. The molecule has 1 aliphatic heterocycles. The number of hydrogen-bond acceptors (Lipinski definition) is 12. The summed E-state index contributed by atoms with van der Waals surface area (Å²) >= 11 is 0. The number of morpholine rings is 1. The smallest absolute Gasteiger partial charge is 0.419 e. The van der Waals surface area contributed by atoms with Crippen LogP contribution in [0.3, 0.4) is 0 Å². The van der Waals surface area contributed by atoms with Gasteiger partial charge in [0, 0.05) is 25.5 Å². The first-order chi connectivity index (χ1) is 22.6. The lowest BCUT2D eigenvalue weighted by atomic mass is 10.2. The zero-order valence-electron chi connectivity index (χ0n) is 24.9. The highest BCUT2D eigenvalue weighted by Gasteiger charge is 2.31. The van der Waals surface area contributed by atoms with Crippen LogP contribution in [0.5, 0.6) is 29.1 Å². The average Bonchev–Trinajstić information content (AvgIpc) is 3.07. The summed E-state index contributed by atoms with van der Waals surface area (Å²) in [5.41, 5.74) is -0.370. The number of rotatable bonds is 13. The van der Waals surface area contributed by atoms with Gasteiger partial charge in [0.05, 0.1) is 31.3 Å². The van der Waals surface area contributed by atoms with Gasteiger partial charge in [-0.1, -0.05) is 42.5 Å². The highest BCUT2D eigenvalue weighted by atomic mass is 32.2. The number of hydrogen-bond donors (Lipinski definition) is 1. The fraction of sp³-hybridized carbons (Fsp3) is 0.267. The van der Waals surface area contributed by atoms with Gasteiger partial charge < -0.3 is 28.6 Å². The molecule has 1 aliphatic rings. The maximum Gasteiger partial charge on any atom is 0.419 e. The Bertz CT molecular complexity index is 1770. The predicted octanol–water partition coefficient (Wildman–Crippen LogP) is 4.79. The first-order valence-electron chi connectivity index (χ1n) is 14.1. The zero-order chi connectivity index (χ0) is 33.3. The van der Waals surface area contributed by atoms with Gasteiger partial charge in [-0.2, -0.15) is 23.1 Å². The summed E-state index contributed by atoms with van der Waals surface area (Å²) in [5, 5.41) is 0.990. The van der Waals surface area contributed by atoms with E-state index < -0.39 is 21.8 Å². The molecule has 2 aromatic carbocycles. The van der Waals surface area contributed by atoms with Crippen molar-refractivity contribution in [3.8, 4) is 29.1 Å². The molecule has 2 aromatic heterocycles. The van der Waals surface area contributed by atoms with Crippen molar-refractivity contribution in [2.75, 3.05) is 56.2 Å². The van der Waals surface area contributed by atoms with E-state index >= 15 is 0 Å². The van der Waals surface area contributed by atoms with Gasteiger partial charge in [0.25, 0.3) is 15.9 Å². The SMILES string of the molecule is COc1ccccc1Oc1c(NS(=O)(=O)C=Cc2ccccc2)nc(N2CCOCC2)nc1OCCOc1ncc(C(F)(F)F)cn1. The van der Waals surface area contributed by atoms with Crippen LogP contribution in [0.25, 0.3) is 6.08 Å². The van der Waals surface area contributed by atoms with Gasteiger partial charge in [0.15, 0.2) is 17.3 Å². The van der Waals surface area contributed by atoms with E-state index in [1.807, 2.05) is 6.07 Å². The van der Waals surface area contributed by atoms with Crippen LogP contribution in [-0.4, -0.2) is 75.0 Å². The number of benzene rings is 2. The van der Waals surface area contributed by atoms with Gasteiger partial charge in [-0.15, -0.1) is 0 Å². The number of para-hydroxylation sites is 2. The molecule has 0 unspecified atom stereocenters. The van der Waals surface area contributed by atoms with Crippen LogP contribution in [0.1, 0.15) is 11.1 Å². The van der Waals surface area contributed by atoms with E-state index in [0.29, 0.717) is 50.0 Å². The van der Waals surface area contributed by atoms with Gasteiger partial charge in [-0.25, -0.2) is 18.4 Å². The molecule has 0 saturated carbocycles. The zero-order valence-corrected chi connectivity index (χ0v) is 25.7. The van der Waals surface area contributed by atoms with Crippen LogP contribution in [0, 0.1) is 0 Å². The Kier molecular flexibility index (Phi) is 10.6. The average molecular weight is 675 g/mol. The van der Waals surface area contributed by atoms with Crippen LogP contribution >= 0.6 is 0 Å². The highest BCUT2D eigenvalue weighted by Crippen LogP contribution is 2.41. The van der Waals surface area contributed by atoms with Crippen molar-refractivity contribution in [2.45, 2.75) is 6.18 Å². The molecule has 0 amide bonds. The van der Waals surface area contributed by atoms with Crippen molar-refractivity contribution in [3.05, 3.63) is 83.5 Å². The van der Waals surface area contributed by atoms with Crippen molar-refractivity contribution in [2.24, 2.45) is 0 Å². The van der Waals surface area contributed by atoms with Crippen molar-refractivity contribution in [1.82, 2.24) is 19.9 Å². The van der Waals surface area contributed by atoms with E-state index in [-0.39, 0.29) is 48.4 Å². The summed E-state index contributed by atoms with van der Waals surface area (Å²) in [7, 11) is -2.71. The lowest BCUT2D eigenvalue weighted by Crippen LogP contribution is -2.37. The summed E-state index contributed by atoms with van der Waals surface area (Å²) in [5.74, 6) is 0.0936. The molecule has 1 fully saturated rings. The Morgan fingerprint density at radius 1 is 0.936 bits per heavy atom. The summed E-state index contributed by atoms with van der Waals surface area (Å²) in [4.78, 5) is 18.0. The molecule has 13 nitrogen and oxygen atoms in total. The Morgan fingerprint density at radius 2 is 1.60 bits per heavy atom. The fourth-order valence-corrected chi connectivity index (χ4v) is 4.92. The Balaban J connectivity index is 1.46. The lowest BCUT2D eigenvalue weighted by Gasteiger charge is -2.28.